The molecule has 2 aromatic heterocycles. The smallest absolute Gasteiger partial charge is 0.414 e. The van der Waals surface area contributed by atoms with Gasteiger partial charge in [-0.3, -0.25) is 4.90 Å². The SMILES string of the molecule is C#Cc1c(F)ccc2cc(OC(=O)N(C)C)cc(-c3nc4c5c(nc(OC[C@@]67CCCN6C[C@H](F)C7)nc5c3F)N3CCCCC[C@H]3CO4)c12. The van der Waals surface area contributed by atoms with Crippen molar-refractivity contribution in [3.8, 4) is 41.2 Å². The molecular weight excluding hydrogens is 649 g/mol. The maximum Gasteiger partial charge on any atom is 0.414 e. The molecule has 0 N–H and O–H groups in total. The molecule has 4 aliphatic rings. The molecule has 0 aliphatic carbocycles. The van der Waals surface area contributed by atoms with Gasteiger partial charge in [-0.2, -0.15) is 9.97 Å². The fraction of sp³-hybridized carbons (Fsp3) is 0.459. The summed E-state index contributed by atoms with van der Waals surface area (Å²) < 4.78 is 65.3. The zero-order chi connectivity index (χ0) is 34.7. The van der Waals surface area contributed by atoms with Crippen molar-refractivity contribution in [2.75, 3.05) is 51.8 Å². The van der Waals surface area contributed by atoms with Gasteiger partial charge in [-0.1, -0.05) is 24.8 Å². The van der Waals surface area contributed by atoms with Gasteiger partial charge in [-0.25, -0.2) is 22.9 Å². The van der Waals surface area contributed by atoms with E-state index in [1.807, 2.05) is 0 Å². The van der Waals surface area contributed by atoms with Gasteiger partial charge in [0.2, 0.25) is 5.88 Å². The summed E-state index contributed by atoms with van der Waals surface area (Å²) in [5.41, 5.74) is -0.774. The number of fused-ring (bicyclic) bond motifs is 4. The highest BCUT2D eigenvalue weighted by molar-refractivity contribution is 6.04. The van der Waals surface area contributed by atoms with Crippen LogP contribution in [-0.4, -0.2) is 95.5 Å². The van der Waals surface area contributed by atoms with Crippen molar-refractivity contribution in [1.82, 2.24) is 24.8 Å². The number of halogens is 3. The van der Waals surface area contributed by atoms with Gasteiger partial charge in [0, 0.05) is 44.6 Å². The Morgan fingerprint density at radius 2 is 1.98 bits per heavy atom. The Kier molecular flexibility index (Phi) is 8.09. The second-order valence-electron chi connectivity index (χ2n) is 13.9. The van der Waals surface area contributed by atoms with Crippen LogP contribution in [0.3, 0.4) is 0 Å². The second-order valence-corrected chi connectivity index (χ2v) is 13.9. The number of hydrogen-bond acceptors (Lipinski definition) is 9. The van der Waals surface area contributed by atoms with Gasteiger partial charge in [0.05, 0.1) is 17.1 Å². The molecule has 2 aromatic carbocycles. The number of benzene rings is 2. The first-order chi connectivity index (χ1) is 24.2. The zero-order valence-corrected chi connectivity index (χ0v) is 28.0. The van der Waals surface area contributed by atoms with Gasteiger partial charge in [0.1, 0.15) is 53.4 Å². The molecule has 4 aromatic rings. The summed E-state index contributed by atoms with van der Waals surface area (Å²) in [6, 6.07) is 5.57. The predicted octanol–water partition coefficient (Wildman–Crippen LogP) is 6.26. The first kappa shape index (κ1) is 32.4. The van der Waals surface area contributed by atoms with E-state index in [1.165, 1.54) is 43.3 Å². The van der Waals surface area contributed by atoms with Crippen LogP contribution in [-0.2, 0) is 0 Å². The van der Waals surface area contributed by atoms with E-state index in [0.29, 0.717) is 36.1 Å². The molecule has 10 nitrogen and oxygen atoms in total. The summed E-state index contributed by atoms with van der Waals surface area (Å²) in [4.78, 5) is 32.3. The lowest BCUT2D eigenvalue weighted by Crippen LogP contribution is -2.43. The van der Waals surface area contributed by atoms with Crippen LogP contribution in [0.15, 0.2) is 24.3 Å². The minimum atomic E-state index is -0.940. The normalized spacial score (nSPS) is 23.1. The molecule has 3 atom stereocenters. The van der Waals surface area contributed by atoms with Crippen LogP contribution in [0.25, 0.3) is 32.9 Å². The van der Waals surface area contributed by atoms with E-state index < -0.39 is 29.4 Å². The number of carbonyl (C=O) groups is 1. The van der Waals surface area contributed by atoms with Crippen molar-refractivity contribution in [3.63, 3.8) is 0 Å². The number of hydrogen-bond donors (Lipinski definition) is 0. The predicted molar refractivity (Wildman–Crippen MR) is 181 cm³/mol. The number of amides is 1. The zero-order valence-electron chi connectivity index (χ0n) is 28.0. The van der Waals surface area contributed by atoms with E-state index in [0.717, 1.165) is 45.1 Å². The number of carbonyl (C=O) groups excluding carboxylic acids is 1. The van der Waals surface area contributed by atoms with Crippen LogP contribution >= 0.6 is 0 Å². The number of nitrogens with zero attached hydrogens (tertiary/aromatic N) is 6. The minimum Gasteiger partial charge on any atom is -0.475 e. The van der Waals surface area contributed by atoms with Crippen LogP contribution < -0.4 is 19.1 Å². The summed E-state index contributed by atoms with van der Waals surface area (Å²) >= 11 is 0. The maximum absolute atomic E-state index is 17.3. The summed E-state index contributed by atoms with van der Waals surface area (Å²) in [5.74, 6) is 1.56. The van der Waals surface area contributed by atoms with Crippen molar-refractivity contribution in [2.24, 2.45) is 0 Å². The van der Waals surface area contributed by atoms with Gasteiger partial charge in [-0.05, 0) is 55.8 Å². The molecule has 6 heterocycles. The van der Waals surface area contributed by atoms with Crippen LogP contribution in [0, 0.1) is 24.0 Å². The molecule has 4 aliphatic heterocycles. The van der Waals surface area contributed by atoms with Gasteiger partial charge in [0.15, 0.2) is 5.82 Å². The number of pyridine rings is 1. The average molecular weight is 687 g/mol. The summed E-state index contributed by atoms with van der Waals surface area (Å²) in [6.45, 7) is 2.29. The van der Waals surface area contributed by atoms with Crippen molar-refractivity contribution in [3.05, 3.63) is 41.5 Å². The quantitative estimate of drug-likeness (QED) is 0.226. The van der Waals surface area contributed by atoms with E-state index in [2.05, 4.69) is 20.7 Å². The minimum absolute atomic E-state index is 0.0307. The highest BCUT2D eigenvalue weighted by atomic mass is 19.1. The fourth-order valence-electron chi connectivity index (χ4n) is 8.10. The van der Waals surface area contributed by atoms with Crippen molar-refractivity contribution >= 4 is 33.6 Å². The highest BCUT2D eigenvalue weighted by Gasteiger charge is 2.49. The Balaban J connectivity index is 1.33. The van der Waals surface area contributed by atoms with Gasteiger partial charge in [-0.15, -0.1) is 6.42 Å². The first-order valence-corrected chi connectivity index (χ1v) is 17.1. The van der Waals surface area contributed by atoms with E-state index in [1.54, 1.807) is 0 Å². The Hall–Kier alpha value is -4.83. The van der Waals surface area contributed by atoms with Crippen LogP contribution in [0.2, 0.25) is 0 Å². The Morgan fingerprint density at radius 3 is 2.80 bits per heavy atom. The average Bonchev–Trinajstić information content (AvgIpc) is 3.45. The van der Waals surface area contributed by atoms with E-state index in [-0.39, 0.29) is 64.6 Å². The third kappa shape index (κ3) is 5.41. The van der Waals surface area contributed by atoms with Crippen molar-refractivity contribution < 1.29 is 32.2 Å². The lowest BCUT2D eigenvalue weighted by atomic mass is 9.95. The number of anilines is 1. The van der Waals surface area contributed by atoms with Crippen LogP contribution in [0.4, 0.5) is 23.8 Å². The lowest BCUT2D eigenvalue weighted by Gasteiger charge is -2.31. The number of terminal acetylenes is 1. The molecule has 0 radical (unpaired) electrons. The molecule has 260 valence electrons. The molecule has 1 amide bonds. The number of aromatic nitrogens is 3. The van der Waals surface area contributed by atoms with Crippen molar-refractivity contribution in [2.45, 2.75) is 62.7 Å². The highest BCUT2D eigenvalue weighted by Crippen LogP contribution is 2.45. The maximum atomic E-state index is 17.3. The Labute approximate surface area is 287 Å². The molecule has 3 saturated heterocycles. The molecule has 8 rings (SSSR count). The van der Waals surface area contributed by atoms with E-state index in [4.69, 9.17) is 30.6 Å². The lowest BCUT2D eigenvalue weighted by molar-refractivity contribution is 0.107. The largest absolute Gasteiger partial charge is 0.475 e. The molecule has 0 unspecified atom stereocenters. The Bertz CT molecular complexity index is 2070. The van der Waals surface area contributed by atoms with Gasteiger partial charge < -0.3 is 24.0 Å². The van der Waals surface area contributed by atoms with E-state index in [9.17, 15) is 9.18 Å². The molecule has 3 fully saturated rings. The number of alkyl halides is 1. The fourth-order valence-corrected chi connectivity index (χ4v) is 8.10. The topological polar surface area (TPSA) is 93.1 Å². The molecule has 0 saturated carbocycles. The van der Waals surface area contributed by atoms with Crippen molar-refractivity contribution in [1.29, 1.82) is 0 Å². The third-order valence-electron chi connectivity index (χ3n) is 10.5. The summed E-state index contributed by atoms with van der Waals surface area (Å²) in [7, 11) is 3.07. The standard InChI is InChI=1S/C37H37F3N6O4/c1-4-25-27(39)11-10-21-15-24(50-36(47)44(2)3)16-26(28(21)25)31-30(40)32-29-33(46-14-7-5-6-9-23(46)19-48-34(29)41-31)43-35(42-32)49-20-37-12-8-13-45(37)18-22(38)17-37/h1,10-11,15-16,22-23H,5-9,12-14,17-20H2,2-3H3/t22-,23+,37+/m1/s1. The monoisotopic (exact) mass is 686 g/mol. The molecule has 0 bridgehead atoms. The second kappa shape index (κ2) is 12.5. The molecule has 0 spiro atoms. The molecular formula is C37H37F3N6O4. The number of ether oxygens (including phenoxy) is 3. The van der Waals surface area contributed by atoms with Crippen LogP contribution in [0.1, 0.15) is 50.5 Å². The summed E-state index contributed by atoms with van der Waals surface area (Å²) in [5, 5.41) is 0.928. The van der Waals surface area contributed by atoms with Gasteiger partial charge in [0.25, 0.3) is 0 Å². The first-order valence-electron chi connectivity index (χ1n) is 17.1. The molecule has 50 heavy (non-hydrogen) atoms. The third-order valence-corrected chi connectivity index (χ3v) is 10.5. The summed E-state index contributed by atoms with van der Waals surface area (Å²) in [6.07, 6.45) is 10.1. The van der Waals surface area contributed by atoms with E-state index >= 15 is 8.78 Å². The van der Waals surface area contributed by atoms with Gasteiger partial charge >= 0.3 is 12.1 Å². The molecule has 13 heteroatoms. The number of rotatable bonds is 5. The van der Waals surface area contributed by atoms with Crippen LogP contribution in [0.5, 0.6) is 17.6 Å². The Morgan fingerprint density at radius 1 is 1.12 bits per heavy atom.